The van der Waals surface area contributed by atoms with Crippen LogP contribution in [0.3, 0.4) is 0 Å². The SMILES string of the molecule is CN1CCCc2ccc(NC(=O)NCc3cn[nH]n3)cc21. The third kappa shape index (κ3) is 3.13. The van der Waals surface area contributed by atoms with Gasteiger partial charge in [0.1, 0.15) is 5.69 Å². The number of fused-ring (bicyclic) bond motifs is 1. The van der Waals surface area contributed by atoms with Crippen LogP contribution in [0.1, 0.15) is 17.7 Å². The van der Waals surface area contributed by atoms with Crippen molar-refractivity contribution >= 4 is 17.4 Å². The number of amides is 2. The van der Waals surface area contributed by atoms with E-state index in [1.807, 2.05) is 12.1 Å². The number of aromatic amines is 1. The molecule has 0 radical (unpaired) electrons. The van der Waals surface area contributed by atoms with Crippen molar-refractivity contribution in [2.24, 2.45) is 0 Å². The van der Waals surface area contributed by atoms with Crippen molar-refractivity contribution in [2.75, 3.05) is 23.8 Å². The highest BCUT2D eigenvalue weighted by Gasteiger charge is 2.14. The Morgan fingerprint density at radius 1 is 1.48 bits per heavy atom. The summed E-state index contributed by atoms with van der Waals surface area (Å²) in [5.41, 5.74) is 4.00. The van der Waals surface area contributed by atoms with Gasteiger partial charge >= 0.3 is 6.03 Å². The molecule has 110 valence electrons. The van der Waals surface area contributed by atoms with E-state index in [2.05, 4.69) is 44.1 Å². The summed E-state index contributed by atoms with van der Waals surface area (Å²) in [4.78, 5) is 14.1. The molecule has 3 N–H and O–H groups in total. The number of carbonyl (C=O) groups excluding carboxylic acids is 1. The van der Waals surface area contributed by atoms with Crippen molar-refractivity contribution < 1.29 is 4.79 Å². The lowest BCUT2D eigenvalue weighted by molar-refractivity contribution is 0.251. The number of hydrogen-bond donors (Lipinski definition) is 3. The molecule has 1 aliphatic heterocycles. The molecule has 2 heterocycles. The first kappa shape index (κ1) is 13.4. The van der Waals surface area contributed by atoms with E-state index in [1.165, 1.54) is 17.7 Å². The van der Waals surface area contributed by atoms with Crippen LogP contribution in [0.5, 0.6) is 0 Å². The zero-order valence-electron chi connectivity index (χ0n) is 11.9. The summed E-state index contributed by atoms with van der Waals surface area (Å²) < 4.78 is 0. The van der Waals surface area contributed by atoms with Gasteiger partial charge in [0.25, 0.3) is 0 Å². The Morgan fingerprint density at radius 2 is 2.38 bits per heavy atom. The summed E-state index contributed by atoms with van der Waals surface area (Å²) in [6.45, 7) is 1.39. The van der Waals surface area contributed by atoms with E-state index in [0.29, 0.717) is 12.2 Å². The van der Waals surface area contributed by atoms with Crippen molar-refractivity contribution in [1.29, 1.82) is 0 Å². The fourth-order valence-corrected chi connectivity index (χ4v) is 2.49. The van der Waals surface area contributed by atoms with Gasteiger partial charge in [-0.05, 0) is 30.5 Å². The van der Waals surface area contributed by atoms with Crippen LogP contribution < -0.4 is 15.5 Å². The van der Waals surface area contributed by atoms with Crippen molar-refractivity contribution in [1.82, 2.24) is 20.7 Å². The maximum atomic E-state index is 11.9. The number of nitrogens with one attached hydrogen (secondary N) is 3. The number of benzene rings is 1. The Morgan fingerprint density at radius 3 is 3.19 bits per heavy atom. The number of anilines is 2. The molecule has 2 aromatic rings. The molecule has 0 aliphatic carbocycles. The van der Waals surface area contributed by atoms with Crippen molar-refractivity contribution in [2.45, 2.75) is 19.4 Å². The van der Waals surface area contributed by atoms with Gasteiger partial charge in [-0.1, -0.05) is 6.07 Å². The van der Waals surface area contributed by atoms with E-state index < -0.39 is 0 Å². The van der Waals surface area contributed by atoms with Crippen molar-refractivity contribution in [3.8, 4) is 0 Å². The second-order valence-electron chi connectivity index (χ2n) is 5.14. The lowest BCUT2D eigenvalue weighted by Crippen LogP contribution is -2.29. The third-order valence-corrected chi connectivity index (χ3v) is 3.59. The average molecular weight is 286 g/mol. The van der Waals surface area contributed by atoms with Gasteiger partial charge in [-0.15, -0.1) is 0 Å². The molecule has 0 spiro atoms. The molecule has 0 bridgehead atoms. The molecule has 0 fully saturated rings. The Hall–Kier alpha value is -2.57. The second kappa shape index (κ2) is 5.82. The van der Waals surface area contributed by atoms with Gasteiger partial charge in [0.2, 0.25) is 0 Å². The van der Waals surface area contributed by atoms with Crippen LogP contribution in [0.4, 0.5) is 16.2 Å². The first-order valence-electron chi connectivity index (χ1n) is 6.96. The zero-order chi connectivity index (χ0) is 14.7. The largest absolute Gasteiger partial charge is 0.374 e. The third-order valence-electron chi connectivity index (χ3n) is 3.59. The molecule has 1 aromatic heterocycles. The van der Waals surface area contributed by atoms with Crippen molar-refractivity contribution in [3.63, 3.8) is 0 Å². The molecule has 21 heavy (non-hydrogen) atoms. The molecule has 7 nitrogen and oxygen atoms in total. The molecule has 2 amide bonds. The first-order valence-corrected chi connectivity index (χ1v) is 6.96. The molecule has 0 atom stereocenters. The van der Waals surface area contributed by atoms with E-state index in [0.717, 1.165) is 18.7 Å². The highest BCUT2D eigenvalue weighted by molar-refractivity contribution is 5.90. The summed E-state index contributed by atoms with van der Waals surface area (Å²) >= 11 is 0. The second-order valence-corrected chi connectivity index (χ2v) is 5.14. The minimum absolute atomic E-state index is 0.253. The smallest absolute Gasteiger partial charge is 0.319 e. The zero-order valence-corrected chi connectivity index (χ0v) is 11.9. The summed E-state index contributed by atoms with van der Waals surface area (Å²) in [6, 6.07) is 5.78. The van der Waals surface area contributed by atoms with E-state index in [9.17, 15) is 4.79 Å². The molecule has 3 rings (SSSR count). The lowest BCUT2D eigenvalue weighted by atomic mass is 10.0. The number of hydrogen-bond acceptors (Lipinski definition) is 4. The lowest BCUT2D eigenvalue weighted by Gasteiger charge is -2.28. The molecular formula is C14H18N6O. The van der Waals surface area contributed by atoms with E-state index in [-0.39, 0.29) is 6.03 Å². The predicted molar refractivity (Wildman–Crippen MR) is 80.3 cm³/mol. The van der Waals surface area contributed by atoms with Crippen molar-refractivity contribution in [3.05, 3.63) is 35.7 Å². The number of nitrogens with zero attached hydrogens (tertiary/aromatic N) is 3. The number of aryl methyl sites for hydroxylation is 1. The summed E-state index contributed by atoms with van der Waals surface area (Å²) in [5, 5.41) is 15.6. The average Bonchev–Trinajstić information content (AvgIpc) is 2.99. The molecule has 1 aliphatic rings. The Bertz CT molecular complexity index is 624. The van der Waals surface area contributed by atoms with Crippen LogP contribution >= 0.6 is 0 Å². The highest BCUT2D eigenvalue weighted by atomic mass is 16.2. The molecule has 0 saturated heterocycles. The summed E-state index contributed by atoms with van der Waals surface area (Å²) in [6.07, 6.45) is 3.85. The van der Waals surface area contributed by atoms with Crippen LogP contribution in [-0.2, 0) is 13.0 Å². The van der Waals surface area contributed by atoms with E-state index in [1.54, 1.807) is 6.20 Å². The first-order chi connectivity index (χ1) is 10.2. The van der Waals surface area contributed by atoms with Gasteiger partial charge in [-0.2, -0.15) is 15.4 Å². The minimum atomic E-state index is -0.253. The molecule has 0 saturated carbocycles. The number of H-pyrrole nitrogens is 1. The van der Waals surface area contributed by atoms with Gasteiger partial charge in [0, 0.05) is 25.0 Å². The maximum absolute atomic E-state index is 11.9. The molecule has 1 aromatic carbocycles. The van der Waals surface area contributed by atoms with Crippen LogP contribution in [0.15, 0.2) is 24.4 Å². The number of rotatable bonds is 3. The molecule has 0 unspecified atom stereocenters. The summed E-state index contributed by atoms with van der Waals surface area (Å²) in [5.74, 6) is 0. The topological polar surface area (TPSA) is 85.9 Å². The van der Waals surface area contributed by atoms with Crippen LogP contribution in [0.25, 0.3) is 0 Å². The van der Waals surface area contributed by atoms with Gasteiger partial charge in [0.05, 0.1) is 12.7 Å². The summed E-state index contributed by atoms with van der Waals surface area (Å²) in [7, 11) is 2.08. The fourth-order valence-electron chi connectivity index (χ4n) is 2.49. The van der Waals surface area contributed by atoms with Crippen LogP contribution in [0, 0.1) is 0 Å². The Balaban J connectivity index is 1.62. The van der Waals surface area contributed by atoms with E-state index in [4.69, 9.17) is 0 Å². The number of urea groups is 1. The standard InChI is InChI=1S/C14H18N6O/c1-20-6-2-3-10-4-5-11(7-13(10)20)17-14(21)15-8-12-9-16-19-18-12/h4-5,7,9H,2-3,6,8H2,1H3,(H2,15,17,21)(H,16,18,19). The highest BCUT2D eigenvalue weighted by Crippen LogP contribution is 2.28. The fraction of sp³-hybridized carbons (Fsp3) is 0.357. The quantitative estimate of drug-likeness (QED) is 0.798. The van der Waals surface area contributed by atoms with Gasteiger partial charge in [-0.3, -0.25) is 0 Å². The monoisotopic (exact) mass is 286 g/mol. The number of carbonyl (C=O) groups is 1. The molecular weight excluding hydrogens is 268 g/mol. The number of aromatic nitrogens is 3. The predicted octanol–water partition coefficient (Wildman–Crippen LogP) is 1.51. The van der Waals surface area contributed by atoms with Gasteiger partial charge < -0.3 is 15.5 Å². The van der Waals surface area contributed by atoms with Gasteiger partial charge in [0.15, 0.2) is 0 Å². The van der Waals surface area contributed by atoms with Crippen LogP contribution in [-0.4, -0.2) is 35.0 Å². The van der Waals surface area contributed by atoms with Crippen LogP contribution in [0.2, 0.25) is 0 Å². The van der Waals surface area contributed by atoms with Gasteiger partial charge in [-0.25, -0.2) is 4.79 Å². The Kier molecular flexibility index (Phi) is 3.72. The van der Waals surface area contributed by atoms with E-state index >= 15 is 0 Å². The normalized spacial score (nSPS) is 13.7. The Labute approximate surface area is 122 Å². The maximum Gasteiger partial charge on any atom is 0.319 e. The minimum Gasteiger partial charge on any atom is -0.374 e. The molecule has 7 heteroatoms.